The van der Waals surface area contributed by atoms with E-state index in [1.807, 2.05) is 42.5 Å². The molecule has 0 spiro atoms. The second-order valence-electron chi connectivity index (χ2n) is 7.78. The molecule has 0 unspecified atom stereocenters. The molecule has 4 nitrogen and oxygen atoms in total. The van der Waals surface area contributed by atoms with Crippen LogP contribution in [0.25, 0.3) is 20.8 Å². The van der Waals surface area contributed by atoms with Gasteiger partial charge in [0, 0.05) is 45.6 Å². The van der Waals surface area contributed by atoms with Crippen LogP contribution in [0.1, 0.15) is 16.9 Å². The summed E-state index contributed by atoms with van der Waals surface area (Å²) >= 11 is 11.0. The monoisotopic (exact) mass is 499 g/mol. The average molecular weight is 500 g/mol. The van der Waals surface area contributed by atoms with Gasteiger partial charge in [-0.1, -0.05) is 23.7 Å². The van der Waals surface area contributed by atoms with Crippen LogP contribution in [0.3, 0.4) is 0 Å². The van der Waals surface area contributed by atoms with Crippen molar-refractivity contribution < 1.29 is 4.79 Å². The van der Waals surface area contributed by atoms with E-state index in [0.717, 1.165) is 56.3 Å². The van der Waals surface area contributed by atoms with Crippen LogP contribution < -0.4 is 5.32 Å². The number of hydrogen-bond donors (Lipinski definition) is 1. The van der Waals surface area contributed by atoms with Gasteiger partial charge in [0.25, 0.3) is 0 Å². The number of halogens is 1. The number of thiazole rings is 1. The first-order valence-corrected chi connectivity index (χ1v) is 13.4. The van der Waals surface area contributed by atoms with Gasteiger partial charge in [-0.25, -0.2) is 4.98 Å². The topological polar surface area (TPSA) is 45.2 Å². The molecule has 164 valence electrons. The van der Waals surface area contributed by atoms with Crippen LogP contribution in [0, 0.1) is 0 Å². The van der Waals surface area contributed by atoms with Gasteiger partial charge in [-0.15, -0.1) is 34.4 Å². The number of amides is 1. The largest absolute Gasteiger partial charge is 0.317 e. The van der Waals surface area contributed by atoms with Crippen LogP contribution in [-0.4, -0.2) is 35.1 Å². The molecule has 3 heterocycles. The molecule has 4 aromatic rings. The summed E-state index contributed by atoms with van der Waals surface area (Å²) in [5, 5.41) is 5.87. The van der Waals surface area contributed by atoms with Crippen LogP contribution in [0.4, 0.5) is 5.00 Å². The Labute approximate surface area is 204 Å². The Balaban J connectivity index is 1.37. The number of likely N-dealkylation sites (N-methyl/N-ethyl adjacent to an activating group) is 1. The smallest absolute Gasteiger partial charge is 0.225 e. The van der Waals surface area contributed by atoms with Gasteiger partial charge in [-0.3, -0.25) is 4.79 Å². The third-order valence-corrected chi connectivity index (χ3v) is 8.87. The van der Waals surface area contributed by atoms with Crippen molar-refractivity contribution in [1.82, 2.24) is 9.88 Å². The van der Waals surface area contributed by atoms with Crippen molar-refractivity contribution in [2.24, 2.45) is 0 Å². The molecule has 1 N–H and O–H groups in total. The first-order chi connectivity index (χ1) is 15.6. The number of nitrogens with zero attached hydrogens (tertiary/aromatic N) is 2. The van der Waals surface area contributed by atoms with Crippen LogP contribution in [0.5, 0.6) is 0 Å². The van der Waals surface area contributed by atoms with Crippen molar-refractivity contribution in [2.45, 2.75) is 24.3 Å². The van der Waals surface area contributed by atoms with E-state index in [-0.39, 0.29) is 5.91 Å². The maximum absolute atomic E-state index is 12.8. The van der Waals surface area contributed by atoms with Crippen molar-refractivity contribution in [3.63, 3.8) is 0 Å². The van der Waals surface area contributed by atoms with Gasteiger partial charge in [0.15, 0.2) is 0 Å². The number of rotatable bonds is 6. The summed E-state index contributed by atoms with van der Waals surface area (Å²) in [5.41, 5.74) is 3.48. The summed E-state index contributed by atoms with van der Waals surface area (Å²) in [6.07, 6.45) is 1.44. The Hall–Kier alpha value is -1.90. The Kier molecular flexibility index (Phi) is 6.53. The minimum Gasteiger partial charge on any atom is -0.317 e. The van der Waals surface area contributed by atoms with Crippen LogP contribution >= 0.6 is 46.0 Å². The van der Waals surface area contributed by atoms with E-state index in [4.69, 9.17) is 16.6 Å². The Bertz CT molecular complexity index is 1230. The molecule has 1 aliphatic heterocycles. The zero-order valence-electron chi connectivity index (χ0n) is 17.6. The van der Waals surface area contributed by atoms with E-state index in [1.165, 1.54) is 15.1 Å². The van der Waals surface area contributed by atoms with Crippen molar-refractivity contribution in [2.75, 3.05) is 24.7 Å². The maximum Gasteiger partial charge on any atom is 0.225 e. The number of thioether (sulfide) groups is 1. The highest BCUT2D eigenvalue weighted by Gasteiger charge is 2.26. The fraction of sp³-hybridized carbons (Fsp3) is 0.250. The first kappa shape index (κ1) is 21.9. The predicted octanol–water partition coefficient (Wildman–Crippen LogP) is 6.79. The summed E-state index contributed by atoms with van der Waals surface area (Å²) in [6.45, 7) is 1.94. The van der Waals surface area contributed by atoms with Gasteiger partial charge >= 0.3 is 0 Å². The molecule has 0 radical (unpaired) electrons. The molecule has 5 rings (SSSR count). The van der Waals surface area contributed by atoms with Crippen LogP contribution in [0.15, 0.2) is 53.4 Å². The fourth-order valence-corrected chi connectivity index (χ4v) is 7.24. The van der Waals surface area contributed by atoms with Gasteiger partial charge in [-0.05, 0) is 55.4 Å². The van der Waals surface area contributed by atoms with Gasteiger partial charge in [0.05, 0.1) is 10.2 Å². The lowest BCUT2D eigenvalue weighted by Gasteiger charge is -2.22. The van der Waals surface area contributed by atoms with Crippen LogP contribution in [-0.2, 0) is 17.8 Å². The molecule has 2 aromatic carbocycles. The van der Waals surface area contributed by atoms with Gasteiger partial charge in [-0.2, -0.15) is 0 Å². The number of thiophene rings is 1. The quantitative estimate of drug-likeness (QED) is 0.297. The number of anilines is 1. The van der Waals surface area contributed by atoms with E-state index < -0.39 is 0 Å². The molecule has 0 saturated carbocycles. The van der Waals surface area contributed by atoms with Crippen molar-refractivity contribution in [3.8, 4) is 10.6 Å². The standard InChI is InChI=1S/C24H22ClN3OS3/c1-28-12-10-17-20(14-28)32-24(22(17)23-26-18-4-2-3-5-19(18)31-23)27-21(29)11-13-30-16-8-6-15(25)7-9-16/h2-9H,10-14H2,1H3,(H,27,29). The minimum atomic E-state index is 0.0424. The highest BCUT2D eigenvalue weighted by Crippen LogP contribution is 2.45. The molecule has 8 heteroatoms. The Morgan fingerprint density at radius 1 is 1.19 bits per heavy atom. The van der Waals surface area contributed by atoms with Crippen LogP contribution in [0.2, 0.25) is 5.02 Å². The SMILES string of the molecule is CN1CCc2c(sc(NC(=O)CCSc3ccc(Cl)cc3)c2-c2nc3ccccc3s2)C1. The zero-order valence-corrected chi connectivity index (χ0v) is 20.8. The lowest BCUT2D eigenvalue weighted by Crippen LogP contribution is -2.25. The molecular weight excluding hydrogens is 478 g/mol. The van der Waals surface area contributed by atoms with Gasteiger partial charge < -0.3 is 10.2 Å². The summed E-state index contributed by atoms with van der Waals surface area (Å²) in [7, 11) is 2.15. The van der Waals surface area contributed by atoms with Crippen molar-refractivity contribution in [1.29, 1.82) is 0 Å². The molecule has 0 aliphatic carbocycles. The maximum atomic E-state index is 12.8. The molecule has 0 bridgehead atoms. The molecule has 0 saturated heterocycles. The molecule has 0 fully saturated rings. The van der Waals surface area contributed by atoms with E-state index in [2.05, 4.69) is 23.3 Å². The number of carbonyl (C=O) groups excluding carboxylic acids is 1. The molecule has 32 heavy (non-hydrogen) atoms. The molecular formula is C24H22ClN3OS3. The zero-order chi connectivity index (χ0) is 22.1. The second kappa shape index (κ2) is 9.53. The minimum absolute atomic E-state index is 0.0424. The number of nitrogens with one attached hydrogen (secondary N) is 1. The number of carbonyl (C=O) groups is 1. The van der Waals surface area contributed by atoms with Crippen molar-refractivity contribution >= 4 is 67.2 Å². The number of benzene rings is 2. The normalized spacial score (nSPS) is 13.9. The molecule has 2 aromatic heterocycles. The third kappa shape index (κ3) is 4.72. The predicted molar refractivity (Wildman–Crippen MR) is 138 cm³/mol. The van der Waals surface area contributed by atoms with E-state index in [1.54, 1.807) is 34.4 Å². The molecule has 1 aliphatic rings. The lowest BCUT2D eigenvalue weighted by molar-refractivity contribution is -0.115. The van der Waals surface area contributed by atoms with E-state index >= 15 is 0 Å². The second-order valence-corrected chi connectivity index (χ2v) is 11.5. The number of aromatic nitrogens is 1. The third-order valence-electron chi connectivity index (χ3n) is 5.42. The van der Waals surface area contributed by atoms with Crippen molar-refractivity contribution in [3.05, 3.63) is 64.0 Å². The van der Waals surface area contributed by atoms with E-state index in [0.29, 0.717) is 6.42 Å². The van der Waals surface area contributed by atoms with Gasteiger partial charge in [0.2, 0.25) is 5.91 Å². The summed E-state index contributed by atoms with van der Waals surface area (Å²) in [6, 6.07) is 15.9. The Morgan fingerprint density at radius 3 is 2.81 bits per heavy atom. The number of para-hydroxylation sites is 1. The summed E-state index contributed by atoms with van der Waals surface area (Å²) in [4.78, 5) is 22.5. The molecule has 0 atom stereocenters. The van der Waals surface area contributed by atoms with E-state index in [9.17, 15) is 4.79 Å². The number of fused-ring (bicyclic) bond motifs is 2. The highest BCUT2D eigenvalue weighted by atomic mass is 35.5. The fourth-order valence-electron chi connectivity index (χ4n) is 3.81. The lowest BCUT2D eigenvalue weighted by atomic mass is 10.0. The average Bonchev–Trinajstić information content (AvgIpc) is 3.35. The first-order valence-electron chi connectivity index (χ1n) is 10.4. The molecule has 1 amide bonds. The Morgan fingerprint density at radius 2 is 2.00 bits per heavy atom. The summed E-state index contributed by atoms with van der Waals surface area (Å²) in [5.74, 6) is 0.762. The van der Waals surface area contributed by atoms with Gasteiger partial charge in [0.1, 0.15) is 10.0 Å². The highest BCUT2D eigenvalue weighted by molar-refractivity contribution is 7.99. The number of hydrogen-bond acceptors (Lipinski definition) is 6. The summed E-state index contributed by atoms with van der Waals surface area (Å²) < 4.78 is 1.17.